The van der Waals surface area contributed by atoms with Crippen LogP contribution in [0.25, 0.3) is 11.0 Å². The second-order valence-electron chi connectivity index (χ2n) is 5.59. The third-order valence-corrected chi connectivity index (χ3v) is 4.26. The van der Waals surface area contributed by atoms with Gasteiger partial charge in [0.15, 0.2) is 0 Å². The topological polar surface area (TPSA) is 43.8 Å². The molecule has 1 aliphatic carbocycles. The summed E-state index contributed by atoms with van der Waals surface area (Å²) in [5.41, 5.74) is 9.61. The van der Waals surface area contributed by atoms with Crippen LogP contribution >= 0.6 is 11.6 Å². The van der Waals surface area contributed by atoms with Crippen molar-refractivity contribution in [1.29, 1.82) is 0 Å². The molecule has 1 aromatic heterocycles. The summed E-state index contributed by atoms with van der Waals surface area (Å²) in [6, 6.07) is 16.3. The van der Waals surface area contributed by atoms with Gasteiger partial charge in [-0.1, -0.05) is 41.9 Å². The van der Waals surface area contributed by atoms with E-state index in [1.165, 1.54) is 12.8 Å². The van der Waals surface area contributed by atoms with Crippen molar-refractivity contribution in [2.24, 2.45) is 5.73 Å². The zero-order valence-electron chi connectivity index (χ0n) is 11.5. The molecule has 3 aromatic rings. The van der Waals surface area contributed by atoms with Gasteiger partial charge < -0.3 is 10.3 Å². The van der Waals surface area contributed by atoms with Gasteiger partial charge in [-0.3, -0.25) is 0 Å². The van der Waals surface area contributed by atoms with Crippen LogP contribution in [0, 0.1) is 0 Å². The average molecular weight is 298 g/mol. The van der Waals surface area contributed by atoms with Crippen LogP contribution in [0.1, 0.15) is 36.3 Å². The van der Waals surface area contributed by atoms with E-state index in [2.05, 4.69) is 4.57 Å². The molecule has 0 bridgehead atoms. The van der Waals surface area contributed by atoms with Gasteiger partial charge >= 0.3 is 0 Å². The molecule has 4 heteroatoms. The van der Waals surface area contributed by atoms with Gasteiger partial charge in [0.2, 0.25) is 0 Å². The van der Waals surface area contributed by atoms with Crippen LogP contribution in [0.4, 0.5) is 0 Å². The first-order valence-electron chi connectivity index (χ1n) is 7.22. The normalized spacial score (nSPS) is 16.3. The molecule has 2 N–H and O–H groups in total. The van der Waals surface area contributed by atoms with E-state index < -0.39 is 0 Å². The minimum Gasteiger partial charge on any atom is -0.323 e. The predicted octanol–water partition coefficient (Wildman–Crippen LogP) is 4.07. The quantitative estimate of drug-likeness (QED) is 0.792. The van der Waals surface area contributed by atoms with Crippen molar-refractivity contribution >= 4 is 22.6 Å². The van der Waals surface area contributed by atoms with E-state index >= 15 is 0 Å². The van der Waals surface area contributed by atoms with Gasteiger partial charge in [0, 0.05) is 11.1 Å². The van der Waals surface area contributed by atoms with Crippen LogP contribution in [-0.2, 0) is 0 Å². The Morgan fingerprint density at radius 2 is 1.90 bits per heavy atom. The van der Waals surface area contributed by atoms with Crippen molar-refractivity contribution in [3.8, 4) is 0 Å². The first-order valence-corrected chi connectivity index (χ1v) is 7.60. The van der Waals surface area contributed by atoms with Crippen molar-refractivity contribution in [3.05, 3.63) is 64.9 Å². The van der Waals surface area contributed by atoms with Crippen LogP contribution in [0.3, 0.4) is 0 Å². The van der Waals surface area contributed by atoms with Gasteiger partial charge in [0.1, 0.15) is 5.82 Å². The third-order valence-electron chi connectivity index (χ3n) is 4.03. The number of hydrogen-bond acceptors (Lipinski definition) is 2. The molecule has 106 valence electrons. The fraction of sp³-hybridized carbons (Fsp3) is 0.235. The lowest BCUT2D eigenvalue weighted by molar-refractivity contribution is 0.659. The summed E-state index contributed by atoms with van der Waals surface area (Å²) in [7, 11) is 0. The Kier molecular flexibility index (Phi) is 2.98. The molecule has 3 nitrogen and oxygen atoms in total. The molecule has 1 heterocycles. The number of fused-ring (bicyclic) bond motifs is 1. The minimum atomic E-state index is -0.210. The first-order chi connectivity index (χ1) is 10.2. The molecular formula is C17H16ClN3. The summed E-state index contributed by atoms with van der Waals surface area (Å²) in [6.45, 7) is 0. The fourth-order valence-electron chi connectivity index (χ4n) is 2.84. The molecule has 0 aliphatic heterocycles. The van der Waals surface area contributed by atoms with Gasteiger partial charge in [0.05, 0.1) is 17.1 Å². The maximum atomic E-state index is 6.47. The molecule has 0 amide bonds. The summed E-state index contributed by atoms with van der Waals surface area (Å²) in [4.78, 5) is 4.76. The van der Waals surface area contributed by atoms with Crippen molar-refractivity contribution in [3.63, 3.8) is 0 Å². The molecule has 2 aromatic carbocycles. The summed E-state index contributed by atoms with van der Waals surface area (Å²) < 4.78 is 2.29. The monoisotopic (exact) mass is 297 g/mol. The lowest BCUT2D eigenvalue weighted by Crippen LogP contribution is -2.17. The summed E-state index contributed by atoms with van der Waals surface area (Å²) in [6.07, 6.45) is 2.39. The van der Waals surface area contributed by atoms with Gasteiger partial charge in [-0.2, -0.15) is 0 Å². The largest absolute Gasteiger partial charge is 0.323 e. The highest BCUT2D eigenvalue weighted by molar-refractivity contribution is 6.31. The van der Waals surface area contributed by atoms with Crippen LogP contribution in [0.15, 0.2) is 48.5 Å². The van der Waals surface area contributed by atoms with Crippen LogP contribution in [-0.4, -0.2) is 9.55 Å². The Labute approximate surface area is 128 Å². The molecule has 1 unspecified atom stereocenters. The van der Waals surface area contributed by atoms with E-state index in [0.717, 1.165) is 22.4 Å². The Hall–Kier alpha value is -1.84. The molecule has 0 radical (unpaired) electrons. The lowest BCUT2D eigenvalue weighted by Gasteiger charge is -2.14. The Morgan fingerprint density at radius 1 is 1.14 bits per heavy atom. The van der Waals surface area contributed by atoms with Crippen molar-refractivity contribution in [2.75, 3.05) is 0 Å². The molecule has 1 saturated carbocycles. The lowest BCUT2D eigenvalue weighted by atomic mass is 10.1. The fourth-order valence-corrected chi connectivity index (χ4v) is 3.00. The number of aromatic nitrogens is 2. The van der Waals surface area contributed by atoms with Crippen molar-refractivity contribution in [2.45, 2.75) is 24.9 Å². The maximum absolute atomic E-state index is 6.47. The summed E-state index contributed by atoms with van der Waals surface area (Å²) in [5.74, 6) is 0.931. The van der Waals surface area contributed by atoms with E-state index in [4.69, 9.17) is 22.3 Å². The highest BCUT2D eigenvalue weighted by atomic mass is 35.5. The Bertz CT molecular complexity index is 790. The van der Waals surface area contributed by atoms with E-state index in [1.54, 1.807) is 0 Å². The Morgan fingerprint density at radius 3 is 2.62 bits per heavy atom. The van der Waals surface area contributed by atoms with Gasteiger partial charge in [0.25, 0.3) is 0 Å². The van der Waals surface area contributed by atoms with Crippen LogP contribution in [0.2, 0.25) is 5.02 Å². The molecule has 0 spiro atoms. The number of hydrogen-bond donors (Lipinski definition) is 1. The molecule has 21 heavy (non-hydrogen) atoms. The molecular weight excluding hydrogens is 282 g/mol. The maximum Gasteiger partial charge on any atom is 0.131 e. The summed E-state index contributed by atoms with van der Waals surface area (Å²) >= 11 is 6.09. The number of benzene rings is 2. The molecule has 4 rings (SSSR count). The smallest absolute Gasteiger partial charge is 0.131 e. The number of halogens is 1. The molecule has 1 aliphatic rings. The Balaban J connectivity index is 1.89. The van der Waals surface area contributed by atoms with E-state index in [0.29, 0.717) is 11.1 Å². The SMILES string of the molecule is NC(c1ccccc1)c1nc2cc(Cl)ccc2n1C1CC1. The highest BCUT2D eigenvalue weighted by Gasteiger charge is 2.30. The zero-order chi connectivity index (χ0) is 14.4. The first kappa shape index (κ1) is 12.9. The molecule has 1 fully saturated rings. The van der Waals surface area contributed by atoms with Crippen LogP contribution in [0.5, 0.6) is 0 Å². The van der Waals surface area contributed by atoms with E-state index in [-0.39, 0.29) is 6.04 Å². The van der Waals surface area contributed by atoms with Crippen molar-refractivity contribution < 1.29 is 0 Å². The third kappa shape index (κ3) is 2.23. The number of imidazole rings is 1. The van der Waals surface area contributed by atoms with Gasteiger partial charge in [-0.25, -0.2) is 4.98 Å². The second-order valence-corrected chi connectivity index (χ2v) is 6.03. The number of nitrogens with zero attached hydrogens (tertiary/aromatic N) is 2. The van der Waals surface area contributed by atoms with Gasteiger partial charge in [-0.05, 0) is 36.6 Å². The van der Waals surface area contributed by atoms with Crippen molar-refractivity contribution in [1.82, 2.24) is 9.55 Å². The average Bonchev–Trinajstić information content (AvgIpc) is 3.28. The standard InChI is InChI=1S/C17H16ClN3/c18-12-6-9-15-14(10-12)20-17(21(15)13-7-8-13)16(19)11-4-2-1-3-5-11/h1-6,9-10,13,16H,7-8,19H2. The summed E-state index contributed by atoms with van der Waals surface area (Å²) in [5, 5.41) is 0.711. The zero-order valence-corrected chi connectivity index (χ0v) is 12.3. The predicted molar refractivity (Wildman–Crippen MR) is 85.5 cm³/mol. The minimum absolute atomic E-state index is 0.210. The number of rotatable bonds is 3. The number of nitrogens with two attached hydrogens (primary N) is 1. The van der Waals surface area contributed by atoms with Crippen LogP contribution < -0.4 is 5.73 Å². The van der Waals surface area contributed by atoms with E-state index in [1.807, 2.05) is 48.5 Å². The highest BCUT2D eigenvalue weighted by Crippen LogP contribution is 2.40. The molecule has 1 atom stereocenters. The van der Waals surface area contributed by atoms with Gasteiger partial charge in [-0.15, -0.1) is 0 Å². The second kappa shape index (κ2) is 4.86. The van der Waals surface area contributed by atoms with E-state index in [9.17, 15) is 0 Å². The molecule has 0 saturated heterocycles.